The summed E-state index contributed by atoms with van der Waals surface area (Å²) in [5, 5.41) is 3.97. The van der Waals surface area contributed by atoms with Crippen molar-refractivity contribution in [3.8, 4) is 0 Å². The van der Waals surface area contributed by atoms with Crippen LogP contribution in [-0.2, 0) is 0 Å². The van der Waals surface area contributed by atoms with Crippen molar-refractivity contribution < 1.29 is 9.18 Å². The van der Waals surface area contributed by atoms with Crippen LogP contribution in [0.25, 0.3) is 10.9 Å². The number of aromatic nitrogens is 1. The summed E-state index contributed by atoms with van der Waals surface area (Å²) in [4.78, 5) is 16.8. The van der Waals surface area contributed by atoms with Gasteiger partial charge in [-0.05, 0) is 30.3 Å². The van der Waals surface area contributed by atoms with Gasteiger partial charge in [0.2, 0.25) is 0 Å². The predicted molar refractivity (Wildman–Crippen MR) is 86.9 cm³/mol. The van der Waals surface area contributed by atoms with E-state index in [1.807, 2.05) is 6.07 Å². The first-order valence-corrected chi connectivity index (χ1v) is 7.37. The van der Waals surface area contributed by atoms with Gasteiger partial charge in [0.1, 0.15) is 5.82 Å². The summed E-state index contributed by atoms with van der Waals surface area (Å²) in [7, 11) is 0. The summed E-state index contributed by atoms with van der Waals surface area (Å²) in [5.74, 6) is -0.717. The fourth-order valence-electron chi connectivity index (χ4n) is 3.05. The molecule has 0 radical (unpaired) electrons. The van der Waals surface area contributed by atoms with E-state index in [2.05, 4.69) is 10.3 Å². The molecule has 0 bridgehead atoms. The van der Waals surface area contributed by atoms with E-state index in [4.69, 9.17) is 17.3 Å². The minimum Gasteiger partial charge on any atom is -0.398 e. The smallest absolute Gasteiger partial charge is 0.254 e. The number of amides is 1. The Kier molecular flexibility index (Phi) is 2.99. The maximum atomic E-state index is 13.6. The highest BCUT2D eigenvalue weighted by molar-refractivity contribution is 6.31. The Labute approximate surface area is 136 Å². The molecule has 1 aliphatic heterocycles. The molecule has 6 heteroatoms. The molecular formula is C17H11ClFN3O. The van der Waals surface area contributed by atoms with Gasteiger partial charge >= 0.3 is 0 Å². The maximum absolute atomic E-state index is 13.6. The van der Waals surface area contributed by atoms with Gasteiger partial charge in [0.15, 0.2) is 0 Å². The van der Waals surface area contributed by atoms with Gasteiger partial charge in [0, 0.05) is 33.4 Å². The Bertz CT molecular complexity index is 973. The number of hydrogen-bond acceptors (Lipinski definition) is 3. The molecule has 3 aromatic rings. The number of benzene rings is 2. The molecule has 0 spiro atoms. The number of nitrogens with zero attached hydrogens (tertiary/aromatic N) is 1. The Morgan fingerprint density at radius 2 is 2.09 bits per heavy atom. The van der Waals surface area contributed by atoms with Crippen LogP contribution in [0.4, 0.5) is 10.1 Å². The minimum absolute atomic E-state index is 0.290. The third-order valence-corrected chi connectivity index (χ3v) is 4.37. The number of fused-ring (bicyclic) bond motifs is 3. The molecule has 114 valence electrons. The summed E-state index contributed by atoms with van der Waals surface area (Å²) in [6, 6.07) is 8.84. The number of carbonyl (C=O) groups is 1. The fraction of sp³-hybridized carbons (Fsp3) is 0.0588. The Balaban J connectivity index is 2.02. The molecule has 3 N–H and O–H groups in total. The van der Waals surface area contributed by atoms with E-state index < -0.39 is 11.9 Å². The highest BCUT2D eigenvalue weighted by Gasteiger charge is 2.35. The van der Waals surface area contributed by atoms with E-state index in [1.54, 1.807) is 18.3 Å². The molecular weight excluding hydrogens is 317 g/mol. The third-order valence-electron chi connectivity index (χ3n) is 4.03. The first-order chi connectivity index (χ1) is 11.1. The molecule has 1 aromatic heterocycles. The zero-order valence-electron chi connectivity index (χ0n) is 11.8. The van der Waals surface area contributed by atoms with Gasteiger partial charge in [-0.3, -0.25) is 9.78 Å². The second kappa shape index (κ2) is 4.93. The Morgan fingerprint density at radius 3 is 2.91 bits per heavy atom. The average molecular weight is 328 g/mol. The summed E-state index contributed by atoms with van der Waals surface area (Å²) in [5.41, 5.74) is 8.67. The van der Waals surface area contributed by atoms with Crippen molar-refractivity contribution in [3.63, 3.8) is 0 Å². The molecule has 0 saturated carbocycles. The van der Waals surface area contributed by atoms with Gasteiger partial charge in [-0.2, -0.15) is 0 Å². The van der Waals surface area contributed by atoms with E-state index in [1.165, 1.54) is 18.2 Å². The van der Waals surface area contributed by atoms with Crippen molar-refractivity contribution in [2.75, 3.05) is 5.73 Å². The van der Waals surface area contributed by atoms with Gasteiger partial charge in [0.05, 0.1) is 17.1 Å². The van der Waals surface area contributed by atoms with E-state index in [0.29, 0.717) is 32.9 Å². The molecule has 23 heavy (non-hydrogen) atoms. The second-order valence-corrected chi connectivity index (χ2v) is 5.81. The van der Waals surface area contributed by atoms with Crippen molar-refractivity contribution in [2.24, 2.45) is 0 Å². The number of pyridine rings is 1. The molecule has 4 rings (SSSR count). The van der Waals surface area contributed by atoms with Crippen molar-refractivity contribution >= 4 is 34.1 Å². The van der Waals surface area contributed by atoms with Crippen molar-refractivity contribution in [3.05, 3.63) is 70.1 Å². The lowest BCUT2D eigenvalue weighted by molar-refractivity contribution is 0.0961. The molecule has 2 aromatic carbocycles. The van der Waals surface area contributed by atoms with Crippen molar-refractivity contribution in [1.29, 1.82) is 0 Å². The summed E-state index contributed by atoms with van der Waals surface area (Å²) < 4.78 is 13.6. The number of nitrogens with one attached hydrogen (secondary N) is 1. The van der Waals surface area contributed by atoms with Gasteiger partial charge in [0.25, 0.3) is 5.91 Å². The lowest BCUT2D eigenvalue weighted by Crippen LogP contribution is -2.20. The quantitative estimate of drug-likeness (QED) is 0.673. The molecule has 1 aliphatic rings. The van der Waals surface area contributed by atoms with Crippen LogP contribution in [0.3, 0.4) is 0 Å². The number of nitrogens with two attached hydrogens (primary N) is 1. The summed E-state index contributed by atoms with van der Waals surface area (Å²) in [6.07, 6.45) is 1.62. The fourth-order valence-corrected chi connectivity index (χ4v) is 3.27. The molecule has 0 fully saturated rings. The lowest BCUT2D eigenvalue weighted by atomic mass is 9.94. The normalized spacial score (nSPS) is 16.4. The minimum atomic E-state index is -0.591. The van der Waals surface area contributed by atoms with E-state index in [0.717, 1.165) is 5.39 Å². The van der Waals surface area contributed by atoms with Crippen LogP contribution in [0.15, 0.2) is 42.6 Å². The predicted octanol–water partition coefficient (Wildman–Crippen LogP) is 3.44. The first-order valence-electron chi connectivity index (χ1n) is 6.99. The van der Waals surface area contributed by atoms with Crippen LogP contribution >= 0.6 is 11.6 Å². The maximum Gasteiger partial charge on any atom is 0.254 e. The highest BCUT2D eigenvalue weighted by Crippen LogP contribution is 2.40. The number of halogens is 2. The van der Waals surface area contributed by atoms with Crippen molar-refractivity contribution in [2.45, 2.75) is 6.04 Å². The zero-order valence-corrected chi connectivity index (χ0v) is 12.6. The third kappa shape index (κ3) is 2.04. The van der Waals surface area contributed by atoms with Crippen LogP contribution in [0, 0.1) is 5.82 Å². The van der Waals surface area contributed by atoms with Crippen molar-refractivity contribution in [1.82, 2.24) is 10.3 Å². The second-order valence-electron chi connectivity index (χ2n) is 5.40. The molecule has 1 unspecified atom stereocenters. The SMILES string of the molecule is Nc1cc2cccnc2c2c1C(c1cc(F)ccc1Cl)NC2=O. The zero-order chi connectivity index (χ0) is 16.1. The van der Waals surface area contributed by atoms with Crippen LogP contribution < -0.4 is 11.1 Å². The average Bonchev–Trinajstić information content (AvgIpc) is 2.88. The number of hydrogen-bond donors (Lipinski definition) is 2. The van der Waals surface area contributed by atoms with Gasteiger partial charge in [-0.1, -0.05) is 17.7 Å². The molecule has 1 amide bonds. The van der Waals surface area contributed by atoms with E-state index in [9.17, 15) is 9.18 Å². The number of carbonyl (C=O) groups excluding carboxylic acids is 1. The first kappa shape index (κ1) is 14.0. The van der Waals surface area contributed by atoms with E-state index >= 15 is 0 Å². The molecule has 2 heterocycles. The number of nitrogen functional groups attached to an aromatic ring is 1. The Morgan fingerprint density at radius 1 is 1.26 bits per heavy atom. The Hall–Kier alpha value is -2.66. The van der Waals surface area contributed by atoms with Gasteiger partial charge in [-0.15, -0.1) is 0 Å². The van der Waals surface area contributed by atoms with Crippen LogP contribution in [0.1, 0.15) is 27.5 Å². The topological polar surface area (TPSA) is 68.0 Å². The molecule has 0 saturated heterocycles. The lowest BCUT2D eigenvalue weighted by Gasteiger charge is -2.16. The number of anilines is 1. The highest BCUT2D eigenvalue weighted by atomic mass is 35.5. The van der Waals surface area contributed by atoms with Crippen LogP contribution in [0.5, 0.6) is 0 Å². The van der Waals surface area contributed by atoms with Crippen LogP contribution in [-0.4, -0.2) is 10.9 Å². The van der Waals surface area contributed by atoms with Gasteiger partial charge < -0.3 is 11.1 Å². The standard InChI is InChI=1S/C17H11ClFN3O/c18-11-4-3-9(19)7-10(11)16-13-12(20)6-8-2-1-5-21-15(8)14(13)17(23)22-16/h1-7,16H,20H2,(H,22,23). The molecule has 0 aliphatic carbocycles. The molecule has 4 nitrogen and oxygen atoms in total. The van der Waals surface area contributed by atoms with Crippen LogP contribution in [0.2, 0.25) is 5.02 Å². The van der Waals surface area contributed by atoms with Gasteiger partial charge in [-0.25, -0.2) is 4.39 Å². The van der Waals surface area contributed by atoms with E-state index in [-0.39, 0.29) is 5.91 Å². The number of rotatable bonds is 1. The monoisotopic (exact) mass is 327 g/mol. The molecule has 1 atom stereocenters. The summed E-state index contributed by atoms with van der Waals surface area (Å²) >= 11 is 6.19. The summed E-state index contributed by atoms with van der Waals surface area (Å²) in [6.45, 7) is 0. The largest absolute Gasteiger partial charge is 0.398 e.